The highest BCUT2D eigenvalue weighted by Crippen LogP contribution is 2.12. The van der Waals surface area contributed by atoms with Crippen molar-refractivity contribution < 1.29 is 42.9 Å². The normalized spacial score (nSPS) is 14.0. The van der Waals surface area contributed by atoms with Gasteiger partial charge in [0.2, 0.25) is 0 Å². The van der Waals surface area contributed by atoms with Crippen molar-refractivity contribution in [3.8, 4) is 0 Å². The van der Waals surface area contributed by atoms with Gasteiger partial charge in [-0.15, -0.1) is 0 Å². The molecule has 0 radical (unpaired) electrons. The van der Waals surface area contributed by atoms with Crippen LogP contribution in [0, 0.1) is 0 Å². The molecule has 2 atom stereocenters. The van der Waals surface area contributed by atoms with Crippen LogP contribution in [-0.2, 0) is 33.3 Å². The monoisotopic (exact) mass is 999 g/mol. The summed E-state index contributed by atoms with van der Waals surface area (Å²) in [6, 6.07) is 0. The molecule has 0 saturated heterocycles. The van der Waals surface area contributed by atoms with E-state index in [2.05, 4.69) is 160 Å². The molecule has 9 heteroatoms. The first-order valence-electron chi connectivity index (χ1n) is 27.5. The number of hydrogen-bond donors (Lipinski definition) is 1. The second kappa shape index (κ2) is 52.5. The highest BCUT2D eigenvalue weighted by atomic mass is 16.7. The van der Waals surface area contributed by atoms with Gasteiger partial charge in [-0.1, -0.05) is 205 Å². The maximum atomic E-state index is 12.8. The predicted molar refractivity (Wildman–Crippen MR) is 304 cm³/mol. The van der Waals surface area contributed by atoms with Crippen molar-refractivity contribution in [2.75, 3.05) is 47.5 Å². The molecule has 0 rings (SSSR count). The zero-order valence-electron chi connectivity index (χ0n) is 45.8. The summed E-state index contributed by atoms with van der Waals surface area (Å²) < 4.78 is 22.6. The second-order valence-electron chi connectivity index (χ2n) is 18.8. The first kappa shape index (κ1) is 67.2. The van der Waals surface area contributed by atoms with Gasteiger partial charge in [-0.25, -0.2) is 4.79 Å². The molecule has 0 aliphatic carbocycles. The Balaban J connectivity index is 4.13. The topological polar surface area (TPSA) is 108 Å². The summed E-state index contributed by atoms with van der Waals surface area (Å²) in [4.78, 5) is 36.9. The number of allylic oxidation sites excluding steroid dienone is 24. The molecule has 0 amide bonds. The van der Waals surface area contributed by atoms with Gasteiger partial charge >= 0.3 is 17.9 Å². The van der Waals surface area contributed by atoms with Gasteiger partial charge in [-0.2, -0.15) is 0 Å². The lowest BCUT2D eigenvalue weighted by atomic mass is 10.1. The summed E-state index contributed by atoms with van der Waals surface area (Å²) in [5.41, 5.74) is 0. The predicted octanol–water partition coefficient (Wildman–Crippen LogP) is 16.1. The maximum Gasteiger partial charge on any atom is 0.361 e. The molecule has 1 N–H and O–H groups in total. The Labute approximate surface area is 439 Å². The van der Waals surface area contributed by atoms with E-state index in [1.54, 1.807) is 0 Å². The smallest absolute Gasteiger partial charge is 0.361 e. The van der Waals surface area contributed by atoms with E-state index < -0.39 is 24.3 Å². The van der Waals surface area contributed by atoms with E-state index >= 15 is 0 Å². The molecule has 0 fully saturated rings. The number of esters is 2. The van der Waals surface area contributed by atoms with Crippen LogP contribution < -0.4 is 0 Å². The Bertz CT molecular complexity index is 1680. The molecular weight excluding hydrogens is 899 g/mol. The van der Waals surface area contributed by atoms with Crippen LogP contribution in [0.2, 0.25) is 0 Å². The third-order valence-electron chi connectivity index (χ3n) is 10.9. The number of carbonyl (C=O) groups excluding carboxylic acids is 2. The average molecular weight is 999 g/mol. The number of carboxylic acid groups (broad SMARTS) is 1. The van der Waals surface area contributed by atoms with Crippen LogP contribution in [0.3, 0.4) is 0 Å². The van der Waals surface area contributed by atoms with E-state index in [-0.39, 0.29) is 38.6 Å². The summed E-state index contributed by atoms with van der Waals surface area (Å²) in [5, 5.41) is 9.62. The number of unbranched alkanes of at least 4 members (excludes halogenated alkanes) is 9. The lowest BCUT2D eigenvalue weighted by molar-refractivity contribution is -0.870. The molecule has 0 aliphatic rings. The zero-order valence-corrected chi connectivity index (χ0v) is 45.8. The van der Waals surface area contributed by atoms with E-state index in [1.807, 2.05) is 21.1 Å². The van der Waals surface area contributed by atoms with E-state index in [4.69, 9.17) is 18.9 Å². The van der Waals surface area contributed by atoms with Gasteiger partial charge in [-0.05, 0) is 103 Å². The molecule has 0 aromatic rings. The highest BCUT2D eigenvalue weighted by Gasteiger charge is 2.25. The van der Waals surface area contributed by atoms with Crippen molar-refractivity contribution in [2.24, 2.45) is 0 Å². The quantitative estimate of drug-likeness (QED) is 0.0211. The van der Waals surface area contributed by atoms with Crippen molar-refractivity contribution >= 4 is 17.9 Å². The van der Waals surface area contributed by atoms with Crippen LogP contribution >= 0.6 is 0 Å². The Morgan fingerprint density at radius 1 is 0.431 bits per heavy atom. The number of carbonyl (C=O) groups is 3. The van der Waals surface area contributed by atoms with Gasteiger partial charge in [0, 0.05) is 12.8 Å². The zero-order chi connectivity index (χ0) is 52.7. The van der Waals surface area contributed by atoms with Crippen LogP contribution in [0.25, 0.3) is 0 Å². The summed E-state index contributed by atoms with van der Waals surface area (Å²) >= 11 is 0. The lowest BCUT2D eigenvalue weighted by Crippen LogP contribution is -2.40. The van der Waals surface area contributed by atoms with E-state index in [1.165, 1.54) is 6.42 Å². The highest BCUT2D eigenvalue weighted by molar-refractivity contribution is 5.71. The number of likely N-dealkylation sites (N-methyl/N-ethyl adjacent to an activating group) is 1. The number of aliphatic carboxylic acids is 1. The van der Waals surface area contributed by atoms with Crippen molar-refractivity contribution in [3.05, 3.63) is 146 Å². The minimum Gasteiger partial charge on any atom is -0.477 e. The van der Waals surface area contributed by atoms with E-state index in [0.29, 0.717) is 17.4 Å². The molecule has 0 saturated carbocycles. The summed E-state index contributed by atoms with van der Waals surface area (Å²) in [6.07, 6.45) is 74.0. The number of rotatable bonds is 48. The number of carboxylic acids is 1. The lowest BCUT2D eigenvalue weighted by Gasteiger charge is -2.25. The Morgan fingerprint density at radius 2 is 0.792 bits per heavy atom. The van der Waals surface area contributed by atoms with Crippen molar-refractivity contribution in [3.63, 3.8) is 0 Å². The number of nitrogens with zero attached hydrogens (tertiary/aromatic N) is 1. The average Bonchev–Trinajstić information content (AvgIpc) is 3.35. The molecule has 9 nitrogen and oxygen atoms in total. The third-order valence-corrected chi connectivity index (χ3v) is 10.9. The number of hydrogen-bond acceptors (Lipinski definition) is 7. The van der Waals surface area contributed by atoms with E-state index in [0.717, 1.165) is 135 Å². The van der Waals surface area contributed by atoms with Gasteiger partial charge in [0.25, 0.3) is 6.29 Å². The largest absolute Gasteiger partial charge is 0.477 e. The summed E-state index contributed by atoms with van der Waals surface area (Å²) in [6.45, 7) is 4.62. The van der Waals surface area contributed by atoms with Crippen LogP contribution in [0.1, 0.15) is 174 Å². The first-order valence-corrected chi connectivity index (χ1v) is 27.5. The Hall–Kier alpha value is -4.83. The SMILES string of the molecule is CC/C=C\C/C=C\C/C=C\C/C=C\C/C=C\C/C=C\C/C=C\C/C=C\C/C=C\C/C=C\C/C=C\C/C=C\CCCCCCC(=O)OC(COC(=O)CCCCCCCC)COC(OCC[N+](C)(C)C)C(=O)O. The van der Waals surface area contributed by atoms with Crippen molar-refractivity contribution in [1.29, 1.82) is 0 Å². The Morgan fingerprint density at radius 3 is 1.18 bits per heavy atom. The minimum atomic E-state index is -1.52. The van der Waals surface area contributed by atoms with Crippen molar-refractivity contribution in [2.45, 2.75) is 187 Å². The van der Waals surface area contributed by atoms with Gasteiger partial charge in [-0.3, -0.25) is 9.59 Å². The fourth-order valence-electron chi connectivity index (χ4n) is 6.64. The van der Waals surface area contributed by atoms with Gasteiger partial charge in [0.05, 0.1) is 34.4 Å². The van der Waals surface area contributed by atoms with Crippen LogP contribution in [0.4, 0.5) is 0 Å². The molecular formula is C63H100NO8+. The van der Waals surface area contributed by atoms with E-state index in [9.17, 15) is 19.5 Å². The van der Waals surface area contributed by atoms with Crippen LogP contribution in [0.5, 0.6) is 0 Å². The van der Waals surface area contributed by atoms with Crippen LogP contribution in [-0.4, -0.2) is 87.4 Å². The fourth-order valence-corrected chi connectivity index (χ4v) is 6.64. The molecule has 72 heavy (non-hydrogen) atoms. The Kier molecular flexibility index (Phi) is 49.0. The second-order valence-corrected chi connectivity index (χ2v) is 18.8. The molecule has 0 heterocycles. The summed E-state index contributed by atoms with van der Waals surface area (Å²) in [5.74, 6) is -2.07. The molecule has 0 bridgehead atoms. The molecule has 0 aliphatic heterocycles. The first-order chi connectivity index (χ1) is 35.1. The van der Waals surface area contributed by atoms with Gasteiger partial charge in [0.1, 0.15) is 13.2 Å². The molecule has 0 aromatic carbocycles. The number of ether oxygens (including phenoxy) is 4. The standard InChI is InChI=1S/C63H99NO8/c1-6-8-10-12-14-15-16-17-18-19-20-21-22-23-24-25-26-27-28-29-30-31-32-33-34-35-36-37-38-39-40-41-42-43-44-45-46-47-48-50-52-54-61(66)72-59(57-70-60(65)53-51-49-13-11-9-7-2)58-71-63(62(67)68)69-56-55-64(3,4)5/h8,10,14-15,17-18,20-21,23-24,26-27,29-30,32-33,35-36,38-39,41-42,44-45,59,63H,6-7,9,11-13,16,19,22,25,28,31,34,37,40,43,46-58H2,1-5H3/p+1/b10-8-,15-14-,18-17-,21-20-,24-23-,27-26-,30-29-,33-32-,36-35-,39-38-,42-41-,45-44-. The molecule has 0 spiro atoms. The fraction of sp³-hybridized carbons (Fsp3) is 0.571. The molecule has 0 aromatic heterocycles. The molecule has 404 valence electrons. The van der Waals surface area contributed by atoms with Gasteiger partial charge < -0.3 is 28.5 Å². The minimum absolute atomic E-state index is 0.175. The van der Waals surface area contributed by atoms with Crippen molar-refractivity contribution in [1.82, 2.24) is 0 Å². The summed E-state index contributed by atoms with van der Waals surface area (Å²) in [7, 11) is 5.93. The van der Waals surface area contributed by atoms with Gasteiger partial charge in [0.15, 0.2) is 6.10 Å². The van der Waals surface area contributed by atoms with Crippen LogP contribution in [0.15, 0.2) is 146 Å². The third kappa shape index (κ3) is 53.0. The maximum absolute atomic E-state index is 12.8. The number of quaternary nitrogens is 1. The molecule has 2 unspecified atom stereocenters.